The first-order valence-electron chi connectivity index (χ1n) is 4.81. The van der Waals surface area contributed by atoms with Gasteiger partial charge < -0.3 is 0 Å². The zero-order chi connectivity index (χ0) is 14.8. The molecule has 9 heteroatoms. The van der Waals surface area contributed by atoms with Gasteiger partial charge in [0.15, 0.2) is 0 Å². The van der Waals surface area contributed by atoms with Crippen LogP contribution in [0.1, 0.15) is 12.5 Å². The lowest BCUT2D eigenvalue weighted by Gasteiger charge is -2.09. The standard InChI is InChI=1S/C10H10F3NO3S2/c1-7(2)8-3-5-9(6-4-8)19(16,17)14-18(15)10(11,12)13/h3-6,14H,1H2,2H3. The van der Waals surface area contributed by atoms with Gasteiger partial charge in [-0.05, 0) is 24.6 Å². The highest BCUT2D eigenvalue weighted by molar-refractivity contribution is 8.02. The molecule has 0 spiro atoms. The first kappa shape index (κ1) is 15.9. The van der Waals surface area contributed by atoms with Crippen LogP contribution >= 0.6 is 0 Å². The number of hydrogen-bond acceptors (Lipinski definition) is 3. The van der Waals surface area contributed by atoms with Crippen molar-refractivity contribution in [3.8, 4) is 0 Å². The smallest absolute Gasteiger partial charge is 0.233 e. The molecule has 19 heavy (non-hydrogen) atoms. The molecule has 0 heterocycles. The normalized spacial score (nSPS) is 14.1. The molecular weight excluding hydrogens is 303 g/mol. The van der Waals surface area contributed by atoms with Crippen molar-refractivity contribution in [3.63, 3.8) is 0 Å². The first-order valence-corrected chi connectivity index (χ1v) is 7.44. The fourth-order valence-electron chi connectivity index (χ4n) is 1.11. The van der Waals surface area contributed by atoms with Crippen molar-refractivity contribution in [1.29, 1.82) is 0 Å². The maximum atomic E-state index is 12.0. The van der Waals surface area contributed by atoms with E-state index >= 15 is 0 Å². The highest BCUT2D eigenvalue weighted by Crippen LogP contribution is 2.21. The molecule has 0 aliphatic heterocycles. The van der Waals surface area contributed by atoms with Gasteiger partial charge in [-0.2, -0.15) is 13.2 Å². The molecule has 1 N–H and O–H groups in total. The van der Waals surface area contributed by atoms with Crippen LogP contribution in [0.4, 0.5) is 13.2 Å². The number of halogens is 3. The van der Waals surface area contributed by atoms with E-state index in [9.17, 15) is 25.8 Å². The molecule has 1 aromatic rings. The van der Waals surface area contributed by atoms with Gasteiger partial charge in [0.2, 0.25) is 11.0 Å². The summed E-state index contributed by atoms with van der Waals surface area (Å²) in [5.41, 5.74) is -3.82. The molecule has 1 rings (SSSR count). The van der Waals surface area contributed by atoms with Crippen LogP contribution in [0.25, 0.3) is 5.57 Å². The summed E-state index contributed by atoms with van der Waals surface area (Å²) < 4.78 is 70.9. The van der Waals surface area contributed by atoms with Crippen LogP contribution < -0.4 is 4.13 Å². The first-order chi connectivity index (χ1) is 8.54. The molecule has 0 bridgehead atoms. The third-order valence-corrected chi connectivity index (χ3v) is 4.85. The lowest BCUT2D eigenvalue weighted by atomic mass is 10.1. The van der Waals surface area contributed by atoms with Crippen LogP contribution in [-0.2, 0) is 21.0 Å². The molecule has 0 radical (unpaired) electrons. The van der Waals surface area contributed by atoms with E-state index in [0.717, 1.165) is 16.3 Å². The van der Waals surface area contributed by atoms with Gasteiger partial charge in [0.05, 0.1) is 4.90 Å². The molecular formula is C10H10F3NO3S2. The molecule has 0 saturated heterocycles. The minimum Gasteiger partial charge on any atom is -0.233 e. The summed E-state index contributed by atoms with van der Waals surface area (Å²) in [5, 5.41) is 0. The van der Waals surface area contributed by atoms with E-state index in [1.807, 2.05) is 0 Å². The van der Waals surface area contributed by atoms with Gasteiger partial charge in [-0.1, -0.05) is 24.3 Å². The van der Waals surface area contributed by atoms with Gasteiger partial charge in [-0.3, -0.25) is 0 Å². The molecule has 0 aliphatic carbocycles. The van der Waals surface area contributed by atoms with Gasteiger partial charge >= 0.3 is 5.51 Å². The van der Waals surface area contributed by atoms with Crippen molar-refractivity contribution in [2.45, 2.75) is 17.3 Å². The Hall–Kier alpha value is -1.19. The Morgan fingerprint density at radius 3 is 2.11 bits per heavy atom. The number of nitrogens with one attached hydrogen (secondary N) is 1. The van der Waals surface area contributed by atoms with Crippen molar-refractivity contribution in [1.82, 2.24) is 4.13 Å². The molecule has 0 saturated carbocycles. The quantitative estimate of drug-likeness (QED) is 0.926. The Kier molecular flexibility index (Phi) is 4.54. The maximum absolute atomic E-state index is 12.0. The lowest BCUT2D eigenvalue weighted by Crippen LogP contribution is -2.34. The Morgan fingerprint density at radius 2 is 1.74 bits per heavy atom. The van der Waals surface area contributed by atoms with Gasteiger partial charge in [0, 0.05) is 0 Å². The molecule has 4 nitrogen and oxygen atoms in total. The summed E-state index contributed by atoms with van der Waals surface area (Å²) >= 11 is 0. The number of benzene rings is 1. The van der Waals surface area contributed by atoms with Crippen molar-refractivity contribution >= 4 is 26.6 Å². The van der Waals surface area contributed by atoms with E-state index in [-0.39, 0.29) is 0 Å². The van der Waals surface area contributed by atoms with Crippen LogP contribution in [-0.4, -0.2) is 18.1 Å². The molecule has 106 valence electrons. The molecule has 0 aliphatic rings. The van der Waals surface area contributed by atoms with Crippen LogP contribution in [0.15, 0.2) is 35.7 Å². The van der Waals surface area contributed by atoms with E-state index in [1.165, 1.54) is 12.1 Å². The van der Waals surface area contributed by atoms with Crippen molar-refractivity contribution < 1.29 is 25.8 Å². The van der Waals surface area contributed by atoms with E-state index in [4.69, 9.17) is 0 Å². The molecule has 1 unspecified atom stereocenters. The average molecular weight is 313 g/mol. The second-order valence-electron chi connectivity index (χ2n) is 3.61. The fraction of sp³-hybridized carbons (Fsp3) is 0.200. The van der Waals surface area contributed by atoms with E-state index in [0.29, 0.717) is 11.1 Å². The minimum atomic E-state index is -5.15. The third kappa shape index (κ3) is 4.15. The van der Waals surface area contributed by atoms with E-state index in [1.54, 1.807) is 6.92 Å². The maximum Gasteiger partial charge on any atom is 0.486 e. The predicted octanol–water partition coefficient (Wildman–Crippen LogP) is 2.18. The average Bonchev–Trinajstić information content (AvgIpc) is 2.27. The summed E-state index contributed by atoms with van der Waals surface area (Å²) in [6.07, 6.45) is 0. The Morgan fingerprint density at radius 1 is 1.26 bits per heavy atom. The molecule has 1 aromatic carbocycles. The van der Waals surface area contributed by atoms with Gasteiger partial charge in [0.25, 0.3) is 10.0 Å². The monoisotopic (exact) mass is 313 g/mol. The number of sulfonamides is 1. The van der Waals surface area contributed by atoms with Gasteiger partial charge in [-0.25, -0.2) is 12.6 Å². The van der Waals surface area contributed by atoms with Crippen LogP contribution in [0.2, 0.25) is 0 Å². The molecule has 1 atom stereocenters. The number of alkyl halides is 3. The molecule has 0 aromatic heterocycles. The zero-order valence-electron chi connectivity index (χ0n) is 9.69. The number of hydrogen-bond donors (Lipinski definition) is 1. The molecule has 0 amide bonds. The summed E-state index contributed by atoms with van der Waals surface area (Å²) in [7, 11) is -8.16. The SMILES string of the molecule is C=C(C)c1ccc(S(=O)(=O)NS(=O)C(F)(F)F)cc1. The third-order valence-electron chi connectivity index (χ3n) is 2.05. The van der Waals surface area contributed by atoms with Gasteiger partial charge in [-0.15, -0.1) is 4.13 Å². The van der Waals surface area contributed by atoms with Crippen molar-refractivity contribution in [2.24, 2.45) is 0 Å². The summed E-state index contributed by atoms with van der Waals surface area (Å²) in [6.45, 7) is 5.33. The fourth-order valence-corrected chi connectivity index (χ4v) is 3.17. The topological polar surface area (TPSA) is 63.2 Å². The minimum absolute atomic E-state index is 0.407. The lowest BCUT2D eigenvalue weighted by molar-refractivity contribution is -0.0389. The second-order valence-corrected chi connectivity index (χ2v) is 6.75. The molecule has 0 fully saturated rings. The van der Waals surface area contributed by atoms with E-state index < -0.39 is 31.4 Å². The largest absolute Gasteiger partial charge is 0.486 e. The summed E-state index contributed by atoms with van der Waals surface area (Å²) in [4.78, 5) is -0.407. The van der Waals surface area contributed by atoms with E-state index in [2.05, 4.69) is 6.58 Å². The Bertz CT molecular complexity index is 606. The van der Waals surface area contributed by atoms with Crippen molar-refractivity contribution in [3.05, 3.63) is 36.4 Å². The second kappa shape index (κ2) is 5.43. The number of allylic oxidation sites excluding steroid dienone is 1. The summed E-state index contributed by atoms with van der Waals surface area (Å²) in [6, 6.07) is 5.01. The van der Waals surface area contributed by atoms with Crippen LogP contribution in [0.3, 0.4) is 0 Å². The predicted molar refractivity (Wildman–Crippen MR) is 65.7 cm³/mol. The Balaban J connectivity index is 3.02. The highest BCUT2D eigenvalue weighted by Gasteiger charge is 2.40. The number of rotatable bonds is 4. The summed E-state index contributed by atoms with van der Waals surface area (Å²) in [5.74, 6) is 0. The van der Waals surface area contributed by atoms with Crippen LogP contribution in [0, 0.1) is 0 Å². The van der Waals surface area contributed by atoms with Gasteiger partial charge in [0.1, 0.15) is 0 Å². The zero-order valence-corrected chi connectivity index (χ0v) is 11.3. The highest BCUT2D eigenvalue weighted by atomic mass is 32.3. The van der Waals surface area contributed by atoms with Crippen LogP contribution in [0.5, 0.6) is 0 Å². The Labute approximate surface area is 111 Å². The van der Waals surface area contributed by atoms with Crippen molar-refractivity contribution in [2.75, 3.05) is 0 Å².